The quantitative estimate of drug-likeness (QED) is 0.123. The number of rotatable bonds is 11. The minimum absolute atomic E-state index is 0.616. The molecule has 0 spiro atoms. The molecule has 0 unspecified atom stereocenters. The lowest BCUT2D eigenvalue weighted by Gasteiger charge is -2.15. The monoisotopic (exact) mass is 1460 g/mol. The average Bonchev–Trinajstić information content (AvgIpc) is 1.82. The fourth-order valence-electron chi connectivity index (χ4n) is 17.1. The maximum Gasteiger partial charge on any atom is 0.160 e. The molecule has 0 aliphatic heterocycles. The minimum atomic E-state index is 0.616. The van der Waals surface area contributed by atoms with E-state index in [1.54, 1.807) is 0 Å². The number of benzene rings is 16. The lowest BCUT2D eigenvalue weighted by atomic mass is 9.91. The lowest BCUT2D eigenvalue weighted by Crippen LogP contribution is -1.97. The third-order valence-electron chi connectivity index (χ3n) is 22.7. The van der Waals surface area contributed by atoms with Crippen molar-refractivity contribution < 1.29 is 26.5 Å². The Labute approximate surface area is 649 Å². The van der Waals surface area contributed by atoms with Gasteiger partial charge < -0.3 is 26.5 Å². The number of para-hydroxylation sites is 5. The van der Waals surface area contributed by atoms with Gasteiger partial charge in [-0.1, -0.05) is 194 Å². The van der Waals surface area contributed by atoms with E-state index in [1.165, 1.54) is 0 Å². The van der Waals surface area contributed by atoms with Crippen LogP contribution in [0.3, 0.4) is 0 Å². The molecule has 0 fully saturated rings. The molecule has 8 aromatic heterocycles. The van der Waals surface area contributed by atoms with Crippen molar-refractivity contribution in [2.24, 2.45) is 0 Å². The summed E-state index contributed by atoms with van der Waals surface area (Å²) < 4.78 is 39.2. The molecule has 0 radical (unpaired) electrons. The summed E-state index contributed by atoms with van der Waals surface area (Å²) in [4.78, 5) is 21.5. The summed E-state index contributed by atoms with van der Waals surface area (Å²) in [5.41, 5.74) is 28.7. The van der Waals surface area contributed by atoms with Crippen LogP contribution in [0.1, 0.15) is 0 Å². The molecule has 8 heterocycles. The van der Waals surface area contributed by atoms with Crippen LogP contribution in [0.5, 0.6) is 0 Å². The first-order chi connectivity index (χ1) is 56.4. The molecule has 0 aliphatic rings. The van der Waals surface area contributed by atoms with E-state index >= 15 is 0 Å². The van der Waals surface area contributed by atoms with Crippen molar-refractivity contribution in [2.75, 3.05) is 0 Å². The first kappa shape index (κ1) is 63.4. The Balaban J connectivity index is 0.621. The predicted molar refractivity (Wildman–Crippen MR) is 461 cm³/mol. The van der Waals surface area contributed by atoms with Crippen LogP contribution in [0, 0.1) is 0 Å². The van der Waals surface area contributed by atoms with E-state index in [1.807, 2.05) is 103 Å². The highest BCUT2D eigenvalue weighted by atomic mass is 16.3. The molecular formula is C104H58N4O6. The molecule has 10 heteroatoms. The van der Waals surface area contributed by atoms with Gasteiger partial charge >= 0.3 is 0 Å². The zero-order valence-electron chi connectivity index (χ0n) is 60.7. The Morgan fingerprint density at radius 2 is 0.465 bits per heavy atom. The van der Waals surface area contributed by atoms with Gasteiger partial charge in [-0.25, -0.2) is 19.9 Å². The first-order valence-corrected chi connectivity index (χ1v) is 38.2. The largest absolute Gasteiger partial charge is 0.456 e. The van der Waals surface area contributed by atoms with E-state index in [9.17, 15) is 0 Å². The van der Waals surface area contributed by atoms with Crippen LogP contribution in [0.4, 0.5) is 0 Å². The highest BCUT2D eigenvalue weighted by Crippen LogP contribution is 2.47. The Hall–Kier alpha value is -15.5. The van der Waals surface area contributed by atoms with E-state index in [0.717, 1.165) is 243 Å². The van der Waals surface area contributed by atoms with Crippen LogP contribution in [0.25, 0.3) is 255 Å². The topological polar surface area (TPSA) is 130 Å². The molecule has 0 aliphatic carbocycles. The fraction of sp³-hybridized carbons (Fsp3) is 0. The molecule has 0 N–H and O–H groups in total. The summed E-state index contributed by atoms with van der Waals surface area (Å²) in [6.45, 7) is 0. The molecule has 10 nitrogen and oxygen atoms in total. The van der Waals surface area contributed by atoms with Crippen molar-refractivity contribution in [2.45, 2.75) is 0 Å². The zero-order valence-corrected chi connectivity index (χ0v) is 60.7. The third kappa shape index (κ3) is 10.4. The smallest absolute Gasteiger partial charge is 0.160 e. The SMILES string of the molecule is c1ccc(-c2nc(-c3cc(-c4ccc5oc6ccccc6c5c4)cc(-c4ccc5oc6cc(-c7cccc8c7oc7ccc(-c9ccc(-c%10ccc%11oc%12ccccc%12c%11c%10)cc9-c9cc(-c%10ccc%11oc%12ccccc%12c%11c%10)nc(-c%10ccccc%10)n9)cc78)ccc6c5c4)c3)cc(-c3ccc4oc5ccccc5c4c3)n2)cc1. The van der Waals surface area contributed by atoms with Crippen LogP contribution >= 0.6 is 0 Å². The van der Waals surface area contributed by atoms with Crippen LogP contribution in [-0.4, -0.2) is 19.9 Å². The van der Waals surface area contributed by atoms with E-state index in [4.69, 9.17) is 46.4 Å². The van der Waals surface area contributed by atoms with Crippen LogP contribution in [-0.2, 0) is 0 Å². The van der Waals surface area contributed by atoms with E-state index < -0.39 is 0 Å². The summed E-state index contributed by atoms with van der Waals surface area (Å²) in [6, 6.07) is 123. The fourth-order valence-corrected chi connectivity index (χ4v) is 17.1. The maximum absolute atomic E-state index is 7.02. The highest BCUT2D eigenvalue weighted by Gasteiger charge is 2.24. The number of furan rings is 6. The summed E-state index contributed by atoms with van der Waals surface area (Å²) in [5, 5.41) is 12.4. The summed E-state index contributed by atoms with van der Waals surface area (Å²) >= 11 is 0. The number of aromatic nitrogens is 4. The molecule has 24 rings (SSSR count). The van der Waals surface area contributed by atoms with Crippen molar-refractivity contribution in [1.82, 2.24) is 19.9 Å². The summed E-state index contributed by atoms with van der Waals surface area (Å²) in [6.07, 6.45) is 0. The molecule has 530 valence electrons. The number of hydrogen-bond acceptors (Lipinski definition) is 10. The molecule has 0 bridgehead atoms. The zero-order chi connectivity index (χ0) is 74.6. The van der Waals surface area contributed by atoms with Crippen molar-refractivity contribution in [1.29, 1.82) is 0 Å². The molecule has 24 aromatic rings. The summed E-state index contributed by atoms with van der Waals surface area (Å²) in [5.74, 6) is 1.24. The standard InChI is InChI=1S/C104H58N4O6/c1-3-16-59(17-4-1)103-105-87(67-36-44-97-84(54-67)76-22-9-13-28-93(76)111-97)57-89(107-103)71-47-69(63-33-41-96-82(51-63)75-21-8-12-27-92(75)110-96)46-70(48-71)64-34-42-99-83(52-64)78-39-31-66(56-101(78)113-99)73-24-15-25-79-86-53-65(35-43-100(86)114-102(73)79)72-38-30-61(62-32-40-95-81(50-62)74-20-7-11-26-91(74)109-95)49-80(72)90-58-88(106-104(108-90)60-18-5-2-6-19-60)68-37-45-98-85(55-68)77-23-10-14-29-94(77)112-98/h1-58H. The predicted octanol–water partition coefficient (Wildman–Crippen LogP) is 29.0. The molecule has 114 heavy (non-hydrogen) atoms. The normalized spacial score (nSPS) is 12.0. The minimum Gasteiger partial charge on any atom is -0.456 e. The Morgan fingerprint density at radius 3 is 0.974 bits per heavy atom. The van der Waals surface area contributed by atoms with Crippen molar-refractivity contribution in [3.05, 3.63) is 352 Å². The van der Waals surface area contributed by atoms with Gasteiger partial charge in [0.25, 0.3) is 0 Å². The van der Waals surface area contributed by atoms with Gasteiger partial charge in [0.1, 0.15) is 67.0 Å². The van der Waals surface area contributed by atoms with Gasteiger partial charge in [0.05, 0.1) is 22.8 Å². The van der Waals surface area contributed by atoms with Crippen molar-refractivity contribution in [3.8, 4) is 123 Å². The van der Waals surface area contributed by atoms with Gasteiger partial charge in [0.15, 0.2) is 11.6 Å². The van der Waals surface area contributed by atoms with Gasteiger partial charge in [0, 0.05) is 104 Å². The van der Waals surface area contributed by atoms with Gasteiger partial charge in [-0.15, -0.1) is 0 Å². The maximum atomic E-state index is 7.02. The Bertz CT molecular complexity index is 8140. The Kier molecular flexibility index (Phi) is 13.9. The number of hydrogen-bond donors (Lipinski definition) is 0. The molecule has 0 amide bonds. The second-order valence-corrected chi connectivity index (χ2v) is 29.5. The summed E-state index contributed by atoms with van der Waals surface area (Å²) in [7, 11) is 0. The van der Waals surface area contributed by atoms with Gasteiger partial charge in [-0.05, 0) is 208 Å². The van der Waals surface area contributed by atoms with Gasteiger partial charge in [0.2, 0.25) is 0 Å². The van der Waals surface area contributed by atoms with Crippen LogP contribution in [0.2, 0.25) is 0 Å². The average molecular weight is 1460 g/mol. The molecule has 16 aromatic carbocycles. The third-order valence-corrected chi connectivity index (χ3v) is 22.7. The number of fused-ring (bicyclic) bond motifs is 18. The molecule has 0 saturated heterocycles. The first-order valence-electron chi connectivity index (χ1n) is 38.2. The van der Waals surface area contributed by atoms with Gasteiger partial charge in [-0.3, -0.25) is 0 Å². The van der Waals surface area contributed by atoms with Crippen LogP contribution in [0.15, 0.2) is 378 Å². The van der Waals surface area contributed by atoms with E-state index in [2.05, 4.69) is 249 Å². The second kappa shape index (κ2) is 25.0. The number of nitrogens with zero attached hydrogens (tertiary/aromatic N) is 4. The van der Waals surface area contributed by atoms with Gasteiger partial charge in [-0.2, -0.15) is 0 Å². The van der Waals surface area contributed by atoms with Crippen molar-refractivity contribution in [3.63, 3.8) is 0 Å². The highest BCUT2D eigenvalue weighted by molar-refractivity contribution is 6.15. The van der Waals surface area contributed by atoms with E-state index in [0.29, 0.717) is 11.6 Å². The molecule has 0 atom stereocenters. The second-order valence-electron chi connectivity index (χ2n) is 29.5. The molecular weight excluding hydrogens is 1400 g/mol. The lowest BCUT2D eigenvalue weighted by molar-refractivity contribution is 0.667. The Morgan fingerprint density at radius 1 is 0.140 bits per heavy atom. The van der Waals surface area contributed by atoms with E-state index in [-0.39, 0.29) is 0 Å². The molecule has 0 saturated carbocycles. The van der Waals surface area contributed by atoms with Crippen LogP contribution < -0.4 is 0 Å². The van der Waals surface area contributed by atoms with Crippen molar-refractivity contribution >= 4 is 132 Å².